The van der Waals surface area contributed by atoms with Gasteiger partial charge < -0.3 is 38.6 Å². The van der Waals surface area contributed by atoms with Gasteiger partial charge in [-0.3, -0.25) is 4.79 Å². The van der Waals surface area contributed by atoms with Crippen molar-refractivity contribution in [3.05, 3.63) is 90.9 Å². The first-order valence-electron chi connectivity index (χ1n) is 16.5. The zero-order chi connectivity index (χ0) is 35.9. The Morgan fingerprint density at radius 3 is 2.12 bits per heavy atom. The molecule has 5 rings (SSSR count). The lowest BCUT2D eigenvalue weighted by Crippen LogP contribution is -2.27. The Hall–Kier alpha value is -3.77. The minimum Gasteiger partial charge on any atom is -0.493 e. The molecule has 4 aromatic rings. The van der Waals surface area contributed by atoms with Crippen LogP contribution in [0.4, 0.5) is 0 Å². The molecule has 0 saturated carbocycles. The average Bonchev–Trinajstić information content (AvgIpc) is 3.10. The van der Waals surface area contributed by atoms with Crippen LogP contribution in [-0.2, 0) is 37.0 Å². The van der Waals surface area contributed by atoms with Crippen LogP contribution in [0.3, 0.4) is 0 Å². The number of esters is 1. The van der Waals surface area contributed by atoms with Gasteiger partial charge in [0.1, 0.15) is 5.75 Å². The number of benzene rings is 4. The van der Waals surface area contributed by atoms with Gasteiger partial charge in [0.05, 0.1) is 25.8 Å². The summed E-state index contributed by atoms with van der Waals surface area (Å²) in [5, 5.41) is 3.26. The number of nitrogens with zero attached hydrogens (tertiary/aromatic N) is 1. The number of rotatable bonds is 14. The number of hydrogen-bond acceptors (Lipinski definition) is 9. The van der Waals surface area contributed by atoms with Crippen molar-refractivity contribution >= 4 is 37.8 Å². The number of halogens is 2. The van der Waals surface area contributed by atoms with E-state index >= 15 is 0 Å². The van der Waals surface area contributed by atoms with E-state index in [4.69, 9.17) is 28.4 Å². The number of aryl methyl sites for hydroxylation is 3. The first kappa shape index (κ1) is 37.5. The van der Waals surface area contributed by atoms with Crippen molar-refractivity contribution in [2.24, 2.45) is 0 Å². The van der Waals surface area contributed by atoms with Crippen LogP contribution in [0.5, 0.6) is 46.0 Å². The topological polar surface area (TPSA) is 87.7 Å². The fourth-order valence-electron chi connectivity index (χ4n) is 6.08. The van der Waals surface area contributed by atoms with E-state index in [9.17, 15) is 4.79 Å². The predicted molar refractivity (Wildman–Crippen MR) is 202 cm³/mol. The van der Waals surface area contributed by atoms with Gasteiger partial charge in [-0.2, -0.15) is 0 Å². The van der Waals surface area contributed by atoms with Gasteiger partial charge in [0.2, 0.25) is 5.75 Å². The molecule has 1 N–H and O–H groups in total. The molecule has 266 valence electrons. The molecule has 1 aliphatic rings. The van der Waals surface area contributed by atoms with E-state index in [-0.39, 0.29) is 5.75 Å². The van der Waals surface area contributed by atoms with E-state index in [1.165, 1.54) is 12.5 Å². The predicted octanol–water partition coefficient (Wildman–Crippen LogP) is 8.59. The lowest BCUT2D eigenvalue weighted by atomic mass is 9.96. The first-order valence-corrected chi connectivity index (χ1v) is 18.1. The SMILES string of the molecule is CNCCc1cc(OC)c(Oc2c3c(c(Br)c(OC)c2OC(C)=O)CCN(C)C3)cc1CCc1ccc(Oc2cc(C)c(Br)cc2OC)cc1. The van der Waals surface area contributed by atoms with E-state index in [0.717, 1.165) is 81.3 Å². The Balaban J connectivity index is 1.47. The smallest absolute Gasteiger partial charge is 0.308 e. The van der Waals surface area contributed by atoms with E-state index in [1.54, 1.807) is 21.3 Å². The lowest BCUT2D eigenvalue weighted by Gasteiger charge is -2.30. The van der Waals surface area contributed by atoms with Gasteiger partial charge in [0.15, 0.2) is 34.5 Å². The molecule has 1 aliphatic heterocycles. The Kier molecular flexibility index (Phi) is 12.7. The fourth-order valence-corrected chi connectivity index (χ4v) is 7.18. The largest absolute Gasteiger partial charge is 0.493 e. The molecule has 0 atom stereocenters. The van der Waals surface area contributed by atoms with Crippen LogP contribution in [0.15, 0.2) is 57.5 Å². The second-order valence-electron chi connectivity index (χ2n) is 12.3. The van der Waals surface area contributed by atoms with Gasteiger partial charge in [-0.05, 0) is 133 Å². The van der Waals surface area contributed by atoms with Crippen molar-refractivity contribution in [3.8, 4) is 46.0 Å². The van der Waals surface area contributed by atoms with Crippen molar-refractivity contribution in [2.45, 2.75) is 46.1 Å². The summed E-state index contributed by atoms with van der Waals surface area (Å²) >= 11 is 7.28. The molecule has 9 nitrogen and oxygen atoms in total. The van der Waals surface area contributed by atoms with Crippen LogP contribution >= 0.6 is 31.9 Å². The third-order valence-electron chi connectivity index (χ3n) is 8.76. The molecule has 1 heterocycles. The zero-order valence-corrected chi connectivity index (χ0v) is 32.8. The van der Waals surface area contributed by atoms with Crippen LogP contribution in [0, 0.1) is 6.92 Å². The molecule has 0 unspecified atom stereocenters. The highest BCUT2D eigenvalue weighted by atomic mass is 79.9. The van der Waals surface area contributed by atoms with E-state index < -0.39 is 5.97 Å². The summed E-state index contributed by atoms with van der Waals surface area (Å²) in [6.07, 6.45) is 3.16. The second-order valence-corrected chi connectivity index (χ2v) is 13.9. The Morgan fingerprint density at radius 2 is 1.46 bits per heavy atom. The minimum atomic E-state index is -0.471. The number of methoxy groups -OCH3 is 3. The van der Waals surface area contributed by atoms with Crippen LogP contribution in [0.2, 0.25) is 0 Å². The van der Waals surface area contributed by atoms with E-state index in [2.05, 4.69) is 67.3 Å². The maximum atomic E-state index is 12.3. The van der Waals surface area contributed by atoms with Gasteiger partial charge in [0, 0.05) is 30.0 Å². The average molecular weight is 813 g/mol. The number of fused-ring (bicyclic) bond motifs is 1. The fraction of sp³-hybridized carbons (Fsp3) is 0.359. The highest BCUT2D eigenvalue weighted by Crippen LogP contribution is 2.52. The number of nitrogens with one attached hydrogen (secondary N) is 1. The molecule has 0 radical (unpaired) electrons. The van der Waals surface area contributed by atoms with E-state index in [0.29, 0.717) is 41.0 Å². The molecular formula is C39H44Br2N2O7. The molecule has 11 heteroatoms. The number of likely N-dealkylation sites (N-methyl/N-ethyl adjacent to an activating group) is 2. The highest BCUT2D eigenvalue weighted by Gasteiger charge is 2.31. The lowest BCUT2D eigenvalue weighted by molar-refractivity contribution is -0.132. The summed E-state index contributed by atoms with van der Waals surface area (Å²) in [5.74, 6) is 3.81. The van der Waals surface area contributed by atoms with Gasteiger partial charge in [-0.15, -0.1) is 0 Å². The van der Waals surface area contributed by atoms with Gasteiger partial charge in [-0.1, -0.05) is 28.1 Å². The molecule has 0 fully saturated rings. The van der Waals surface area contributed by atoms with Crippen molar-refractivity contribution in [1.29, 1.82) is 0 Å². The maximum Gasteiger partial charge on any atom is 0.308 e. The normalized spacial score (nSPS) is 12.7. The first-order chi connectivity index (χ1) is 24.1. The number of carbonyl (C=O) groups excluding carboxylic acids is 1. The van der Waals surface area contributed by atoms with Crippen molar-refractivity contribution < 1.29 is 33.2 Å². The third-order valence-corrected chi connectivity index (χ3v) is 10.5. The molecule has 4 aromatic carbocycles. The Bertz CT molecular complexity index is 1850. The summed E-state index contributed by atoms with van der Waals surface area (Å²) in [6.45, 7) is 5.68. The summed E-state index contributed by atoms with van der Waals surface area (Å²) in [6, 6.07) is 16.1. The molecule has 0 saturated heterocycles. The second kappa shape index (κ2) is 17.0. The number of carbonyl (C=O) groups is 1. The Morgan fingerprint density at radius 1 is 0.800 bits per heavy atom. The molecule has 0 aliphatic carbocycles. The number of ether oxygens (including phenoxy) is 6. The molecule has 0 aromatic heterocycles. The van der Waals surface area contributed by atoms with Crippen LogP contribution in [0.25, 0.3) is 0 Å². The molecule has 0 bridgehead atoms. The summed E-state index contributed by atoms with van der Waals surface area (Å²) < 4.78 is 37.6. The highest BCUT2D eigenvalue weighted by molar-refractivity contribution is 9.11. The number of hydrogen-bond donors (Lipinski definition) is 1. The minimum absolute atomic E-state index is 0.238. The standard InChI is InChI=1S/C39H44Br2N2O7/c1-23-18-34(33(46-6)21-31(23)40)49-28-12-9-25(10-13-28)8-11-26-20-35(32(45-5)19-27(26)14-16-42-3)50-37-30-22-43(4)17-15-29(30)36(41)38(47-7)39(37)48-24(2)44/h9-10,12-13,18-21,42H,8,11,14-17,22H2,1-7H3. The van der Waals surface area contributed by atoms with Crippen molar-refractivity contribution in [1.82, 2.24) is 10.2 Å². The van der Waals surface area contributed by atoms with E-state index in [1.807, 2.05) is 44.3 Å². The monoisotopic (exact) mass is 810 g/mol. The maximum absolute atomic E-state index is 12.3. The van der Waals surface area contributed by atoms with Crippen molar-refractivity contribution in [3.63, 3.8) is 0 Å². The molecule has 0 amide bonds. The third kappa shape index (κ3) is 8.57. The quantitative estimate of drug-likeness (QED) is 0.0995. The molecular weight excluding hydrogens is 768 g/mol. The molecule has 0 spiro atoms. The molecule has 50 heavy (non-hydrogen) atoms. The summed E-state index contributed by atoms with van der Waals surface area (Å²) in [5.41, 5.74) is 6.53. The van der Waals surface area contributed by atoms with Crippen molar-refractivity contribution in [2.75, 3.05) is 48.5 Å². The van der Waals surface area contributed by atoms with Crippen LogP contribution < -0.4 is 33.7 Å². The summed E-state index contributed by atoms with van der Waals surface area (Å²) in [4.78, 5) is 14.5. The van der Waals surface area contributed by atoms with Gasteiger partial charge >= 0.3 is 5.97 Å². The van der Waals surface area contributed by atoms with Gasteiger partial charge in [0.25, 0.3) is 0 Å². The van der Waals surface area contributed by atoms with Crippen LogP contribution in [0.1, 0.15) is 40.3 Å². The Labute approximate surface area is 311 Å². The van der Waals surface area contributed by atoms with Crippen LogP contribution in [-0.4, -0.2) is 59.4 Å². The van der Waals surface area contributed by atoms with Gasteiger partial charge in [-0.25, -0.2) is 0 Å². The summed E-state index contributed by atoms with van der Waals surface area (Å²) in [7, 11) is 8.83. The zero-order valence-electron chi connectivity index (χ0n) is 29.6.